The summed E-state index contributed by atoms with van der Waals surface area (Å²) in [5, 5.41) is 8.57. The molecule has 1 fully saturated rings. The van der Waals surface area contributed by atoms with E-state index in [1.807, 2.05) is 30.3 Å². The van der Waals surface area contributed by atoms with Crippen LogP contribution in [0.2, 0.25) is 0 Å². The highest BCUT2D eigenvalue weighted by Crippen LogP contribution is 2.19. The van der Waals surface area contributed by atoms with Gasteiger partial charge in [-0.25, -0.2) is 0 Å². The molecule has 4 rings (SSSR count). The molecule has 0 bridgehead atoms. The Morgan fingerprint density at radius 1 is 0.917 bits per heavy atom. The van der Waals surface area contributed by atoms with Crippen molar-refractivity contribution in [2.24, 2.45) is 0 Å². The third-order valence-corrected chi connectivity index (χ3v) is 5.67. The van der Waals surface area contributed by atoms with E-state index in [1.54, 1.807) is 55.6 Å². The second-order valence-electron chi connectivity index (χ2n) is 8.59. The van der Waals surface area contributed by atoms with Crippen LogP contribution < -0.4 is 25.4 Å². The second kappa shape index (κ2) is 11.9. The topological polar surface area (TPSA) is 106 Å². The lowest BCUT2D eigenvalue weighted by Crippen LogP contribution is -2.48. The monoisotopic (exact) mass is 487 g/mol. The molecule has 3 amide bonds. The van der Waals surface area contributed by atoms with Crippen LogP contribution in [0, 0.1) is 0 Å². The molecule has 0 spiro atoms. The minimum Gasteiger partial charge on any atom is -0.497 e. The Hall–Kier alpha value is -4.33. The molecule has 1 unspecified atom stereocenters. The Labute approximate surface area is 210 Å². The number of carbonyl (C=O) groups is 3. The molecule has 0 heterocycles. The third-order valence-electron chi connectivity index (χ3n) is 5.67. The van der Waals surface area contributed by atoms with Gasteiger partial charge in [-0.2, -0.15) is 0 Å². The summed E-state index contributed by atoms with van der Waals surface area (Å²) in [6.07, 6.45) is 2.34. The van der Waals surface area contributed by atoms with Crippen LogP contribution in [0.25, 0.3) is 0 Å². The van der Waals surface area contributed by atoms with Gasteiger partial charge >= 0.3 is 0 Å². The van der Waals surface area contributed by atoms with E-state index in [0.717, 1.165) is 18.4 Å². The van der Waals surface area contributed by atoms with Crippen LogP contribution in [-0.4, -0.2) is 43.5 Å². The number of benzene rings is 3. The SMILES string of the molecule is COc1cccc(NC(=O)COc2ccc(C(=O)NC(Cc3ccccc3)C(=O)NC3CC3)cc2)c1. The van der Waals surface area contributed by atoms with Crippen molar-refractivity contribution in [2.45, 2.75) is 31.3 Å². The molecule has 3 aromatic rings. The van der Waals surface area contributed by atoms with Gasteiger partial charge in [-0.15, -0.1) is 0 Å². The highest BCUT2D eigenvalue weighted by atomic mass is 16.5. The first-order valence-electron chi connectivity index (χ1n) is 11.8. The Balaban J connectivity index is 1.31. The van der Waals surface area contributed by atoms with Gasteiger partial charge in [0.05, 0.1) is 7.11 Å². The van der Waals surface area contributed by atoms with Crippen LogP contribution in [0.5, 0.6) is 11.5 Å². The molecule has 1 atom stereocenters. The fourth-order valence-electron chi connectivity index (χ4n) is 3.58. The van der Waals surface area contributed by atoms with Crippen LogP contribution >= 0.6 is 0 Å². The van der Waals surface area contributed by atoms with Crippen molar-refractivity contribution in [2.75, 3.05) is 19.0 Å². The lowest BCUT2D eigenvalue weighted by molar-refractivity contribution is -0.123. The highest BCUT2D eigenvalue weighted by Gasteiger charge is 2.28. The number of hydrogen-bond donors (Lipinski definition) is 3. The van der Waals surface area contributed by atoms with Gasteiger partial charge in [-0.3, -0.25) is 14.4 Å². The molecule has 3 aromatic carbocycles. The van der Waals surface area contributed by atoms with E-state index >= 15 is 0 Å². The summed E-state index contributed by atoms with van der Waals surface area (Å²) < 4.78 is 10.7. The summed E-state index contributed by atoms with van der Waals surface area (Å²) >= 11 is 0. The molecular formula is C28H29N3O5. The van der Waals surface area contributed by atoms with E-state index in [4.69, 9.17) is 9.47 Å². The van der Waals surface area contributed by atoms with Gasteiger partial charge < -0.3 is 25.4 Å². The Kier molecular flexibility index (Phi) is 8.18. The zero-order chi connectivity index (χ0) is 25.3. The maximum atomic E-state index is 12.9. The minimum atomic E-state index is -0.684. The fraction of sp³-hybridized carbons (Fsp3) is 0.250. The third kappa shape index (κ3) is 7.33. The molecule has 3 N–H and O–H groups in total. The Morgan fingerprint density at radius 3 is 2.36 bits per heavy atom. The minimum absolute atomic E-state index is 0.184. The predicted octanol–water partition coefficient (Wildman–Crippen LogP) is 3.33. The molecule has 1 aliphatic rings. The molecule has 1 aliphatic carbocycles. The van der Waals surface area contributed by atoms with Crippen molar-refractivity contribution >= 4 is 23.4 Å². The average Bonchev–Trinajstić information content (AvgIpc) is 3.72. The first-order valence-corrected chi connectivity index (χ1v) is 11.8. The van der Waals surface area contributed by atoms with Crippen LogP contribution in [0.3, 0.4) is 0 Å². The maximum absolute atomic E-state index is 12.9. The van der Waals surface area contributed by atoms with Gasteiger partial charge in [0, 0.05) is 29.8 Å². The largest absolute Gasteiger partial charge is 0.497 e. The molecule has 0 aromatic heterocycles. The number of hydrogen-bond acceptors (Lipinski definition) is 5. The number of ether oxygens (including phenoxy) is 2. The van der Waals surface area contributed by atoms with E-state index < -0.39 is 6.04 Å². The molecule has 0 saturated heterocycles. The predicted molar refractivity (Wildman–Crippen MR) is 136 cm³/mol. The molecule has 0 radical (unpaired) electrons. The van der Waals surface area contributed by atoms with Crippen molar-refractivity contribution in [3.63, 3.8) is 0 Å². The van der Waals surface area contributed by atoms with Crippen LogP contribution in [0.4, 0.5) is 5.69 Å². The molecule has 8 nitrogen and oxygen atoms in total. The molecule has 186 valence electrons. The van der Waals surface area contributed by atoms with E-state index in [1.165, 1.54) is 0 Å². The zero-order valence-electron chi connectivity index (χ0n) is 20.0. The molecule has 0 aliphatic heterocycles. The van der Waals surface area contributed by atoms with E-state index in [-0.39, 0.29) is 30.4 Å². The molecule has 8 heteroatoms. The first kappa shape index (κ1) is 24.8. The molecule has 1 saturated carbocycles. The summed E-state index contributed by atoms with van der Waals surface area (Å²) in [5.41, 5.74) is 1.95. The zero-order valence-corrected chi connectivity index (χ0v) is 20.0. The molecule has 36 heavy (non-hydrogen) atoms. The number of nitrogens with one attached hydrogen (secondary N) is 3. The number of methoxy groups -OCH3 is 1. The number of rotatable bonds is 11. The summed E-state index contributed by atoms with van der Waals surface area (Å²) in [5.74, 6) is 0.217. The summed E-state index contributed by atoms with van der Waals surface area (Å²) in [7, 11) is 1.56. The molecular weight excluding hydrogens is 458 g/mol. The van der Waals surface area contributed by atoms with Crippen molar-refractivity contribution in [1.29, 1.82) is 0 Å². The van der Waals surface area contributed by atoms with E-state index in [9.17, 15) is 14.4 Å². The lowest BCUT2D eigenvalue weighted by Gasteiger charge is -2.19. The summed E-state index contributed by atoms with van der Waals surface area (Å²) in [6, 6.07) is 22.6. The van der Waals surface area contributed by atoms with Crippen molar-refractivity contribution < 1.29 is 23.9 Å². The van der Waals surface area contributed by atoms with Gasteiger partial charge in [0.25, 0.3) is 11.8 Å². The van der Waals surface area contributed by atoms with Gasteiger partial charge in [0.2, 0.25) is 5.91 Å². The van der Waals surface area contributed by atoms with Crippen molar-refractivity contribution in [3.8, 4) is 11.5 Å². The number of anilines is 1. The van der Waals surface area contributed by atoms with Crippen LogP contribution in [0.1, 0.15) is 28.8 Å². The second-order valence-corrected chi connectivity index (χ2v) is 8.59. The normalized spacial score (nSPS) is 13.2. The average molecular weight is 488 g/mol. The Morgan fingerprint density at radius 2 is 1.67 bits per heavy atom. The maximum Gasteiger partial charge on any atom is 0.262 e. The van der Waals surface area contributed by atoms with E-state index in [2.05, 4.69) is 16.0 Å². The lowest BCUT2D eigenvalue weighted by atomic mass is 10.0. The first-order chi connectivity index (χ1) is 17.5. The smallest absolute Gasteiger partial charge is 0.262 e. The summed E-state index contributed by atoms with van der Waals surface area (Å²) in [4.78, 5) is 37.8. The van der Waals surface area contributed by atoms with Gasteiger partial charge in [0.15, 0.2) is 6.61 Å². The standard InChI is InChI=1S/C28H29N3O5/c1-35-24-9-5-8-22(17-24)29-26(32)18-36-23-14-10-20(11-15-23)27(33)31-25(28(34)30-21-12-13-21)16-19-6-3-2-4-7-19/h2-11,14-15,17,21,25H,12-13,16,18H2,1H3,(H,29,32)(H,30,34)(H,31,33). The van der Waals surface area contributed by atoms with Gasteiger partial charge in [-0.05, 0) is 54.8 Å². The van der Waals surface area contributed by atoms with Crippen molar-refractivity contribution in [3.05, 3.63) is 90.0 Å². The highest BCUT2D eigenvalue weighted by molar-refractivity contribution is 5.98. The van der Waals surface area contributed by atoms with Gasteiger partial charge in [-0.1, -0.05) is 36.4 Å². The van der Waals surface area contributed by atoms with Crippen molar-refractivity contribution in [1.82, 2.24) is 10.6 Å². The summed E-state index contributed by atoms with van der Waals surface area (Å²) in [6.45, 7) is -0.191. The number of amides is 3. The van der Waals surface area contributed by atoms with Gasteiger partial charge in [0.1, 0.15) is 17.5 Å². The van der Waals surface area contributed by atoms with Crippen LogP contribution in [-0.2, 0) is 16.0 Å². The van der Waals surface area contributed by atoms with Crippen LogP contribution in [0.15, 0.2) is 78.9 Å². The fourth-order valence-corrected chi connectivity index (χ4v) is 3.58. The van der Waals surface area contributed by atoms with E-state index in [0.29, 0.717) is 29.2 Å². The quantitative estimate of drug-likeness (QED) is 0.385. The Bertz CT molecular complexity index is 1190. The number of carbonyl (C=O) groups excluding carboxylic acids is 3.